The van der Waals surface area contributed by atoms with Gasteiger partial charge in [-0.25, -0.2) is 0 Å². The Morgan fingerprint density at radius 2 is 2.05 bits per heavy atom. The van der Waals surface area contributed by atoms with Gasteiger partial charge in [0.15, 0.2) is 11.5 Å². The molecule has 118 valence electrons. The van der Waals surface area contributed by atoms with E-state index < -0.39 is 0 Å². The largest absolute Gasteiger partial charge is 0.346 e. The van der Waals surface area contributed by atoms with Gasteiger partial charge in [0.05, 0.1) is 6.04 Å². The van der Waals surface area contributed by atoms with E-state index >= 15 is 0 Å². The van der Waals surface area contributed by atoms with Crippen molar-refractivity contribution in [3.8, 4) is 0 Å². The molecule has 0 radical (unpaired) electrons. The fourth-order valence-corrected chi connectivity index (χ4v) is 1.89. The van der Waals surface area contributed by atoms with Gasteiger partial charge in [0.1, 0.15) is 0 Å². The monoisotopic (exact) mass is 333 g/mol. The number of nitrogens with zero attached hydrogens (tertiary/aromatic N) is 3. The third-order valence-corrected chi connectivity index (χ3v) is 2.93. The molecule has 0 aliphatic rings. The summed E-state index contributed by atoms with van der Waals surface area (Å²) in [5.74, 6) is 0.710. The zero-order valence-electron chi connectivity index (χ0n) is 12.0. The molecule has 2 atom stereocenters. The minimum absolute atomic E-state index is 0. The average Bonchev–Trinajstić information content (AvgIpc) is 2.80. The molecule has 2 rings (SSSR count). The molecule has 8 heteroatoms. The first-order valence-electron chi connectivity index (χ1n) is 6.42. The molecule has 0 saturated heterocycles. The second kappa shape index (κ2) is 8.81. The van der Waals surface area contributed by atoms with Crippen molar-refractivity contribution in [1.29, 1.82) is 0 Å². The number of hydrogen-bond acceptors (Lipinski definition) is 4. The predicted octanol–water partition coefficient (Wildman–Crippen LogP) is 1.88. The van der Waals surface area contributed by atoms with E-state index in [-0.39, 0.29) is 42.8 Å². The predicted molar refractivity (Wildman–Crippen MR) is 86.9 cm³/mol. The lowest BCUT2D eigenvalue weighted by Crippen LogP contribution is -2.29. The first-order valence-corrected chi connectivity index (χ1v) is 6.42. The van der Waals surface area contributed by atoms with E-state index in [1.165, 1.54) is 0 Å². The van der Waals surface area contributed by atoms with Gasteiger partial charge in [-0.05, 0) is 32.4 Å². The minimum Gasteiger partial charge on any atom is -0.346 e. The molecule has 0 aliphatic heterocycles. The van der Waals surface area contributed by atoms with Gasteiger partial charge in [-0.3, -0.25) is 9.20 Å². The highest BCUT2D eigenvalue weighted by Gasteiger charge is 2.15. The number of carbonyl (C=O) groups excluding carboxylic acids is 1. The van der Waals surface area contributed by atoms with Gasteiger partial charge in [-0.15, -0.1) is 35.0 Å². The molecule has 3 N–H and O–H groups in total. The van der Waals surface area contributed by atoms with Crippen molar-refractivity contribution in [2.75, 3.05) is 0 Å². The number of nitrogens with two attached hydrogens (primary N) is 1. The van der Waals surface area contributed by atoms with Crippen LogP contribution in [-0.4, -0.2) is 26.5 Å². The molecule has 0 fully saturated rings. The fraction of sp³-hybridized carbons (Fsp3) is 0.462. The van der Waals surface area contributed by atoms with Crippen LogP contribution in [0.2, 0.25) is 0 Å². The molecule has 1 amide bonds. The maximum atomic E-state index is 11.8. The topological polar surface area (TPSA) is 85.3 Å². The molecule has 0 aromatic carbocycles. The first-order chi connectivity index (χ1) is 9.08. The zero-order valence-corrected chi connectivity index (χ0v) is 13.7. The van der Waals surface area contributed by atoms with E-state index in [2.05, 4.69) is 15.5 Å². The van der Waals surface area contributed by atoms with Crippen LogP contribution in [0.4, 0.5) is 0 Å². The van der Waals surface area contributed by atoms with Gasteiger partial charge in [-0.2, -0.15) is 0 Å². The van der Waals surface area contributed by atoms with Crippen LogP contribution in [0.1, 0.15) is 38.6 Å². The molecule has 2 unspecified atom stereocenters. The van der Waals surface area contributed by atoms with Gasteiger partial charge < -0.3 is 11.1 Å². The molecule has 6 nitrogen and oxygen atoms in total. The summed E-state index contributed by atoms with van der Waals surface area (Å²) in [5, 5.41) is 11.1. The standard InChI is InChI=1S/C13H19N5O.2ClH/c1-9(14)6-7-12(19)15-10(2)13-17-16-11-5-3-4-8-18(11)13;;/h3-5,8-10H,6-7,14H2,1-2H3,(H,15,19);2*1H. The van der Waals surface area contributed by atoms with Crippen molar-refractivity contribution in [2.24, 2.45) is 5.73 Å². The number of halogens is 2. The van der Waals surface area contributed by atoms with Crippen LogP contribution >= 0.6 is 24.8 Å². The first kappa shape index (κ1) is 19.6. The number of amides is 1. The van der Waals surface area contributed by atoms with E-state index in [1.54, 1.807) is 0 Å². The lowest BCUT2D eigenvalue weighted by atomic mass is 10.2. The summed E-state index contributed by atoms with van der Waals surface area (Å²) < 4.78 is 1.87. The Kier molecular flexibility index (Phi) is 8.24. The van der Waals surface area contributed by atoms with Gasteiger partial charge in [0, 0.05) is 18.7 Å². The third-order valence-electron chi connectivity index (χ3n) is 2.93. The smallest absolute Gasteiger partial charge is 0.220 e. The van der Waals surface area contributed by atoms with Crippen LogP contribution in [0.3, 0.4) is 0 Å². The quantitative estimate of drug-likeness (QED) is 0.874. The maximum Gasteiger partial charge on any atom is 0.220 e. The number of fused-ring (bicyclic) bond motifs is 1. The Bertz CT molecular complexity index is 572. The summed E-state index contributed by atoms with van der Waals surface area (Å²) in [6.45, 7) is 3.79. The lowest BCUT2D eigenvalue weighted by Gasteiger charge is -2.13. The molecule has 0 aliphatic carbocycles. The van der Waals surface area contributed by atoms with E-state index in [0.29, 0.717) is 12.8 Å². The molecule has 0 saturated carbocycles. The number of nitrogens with one attached hydrogen (secondary N) is 1. The number of aromatic nitrogens is 3. The van der Waals surface area contributed by atoms with Crippen molar-refractivity contribution < 1.29 is 4.79 Å². The summed E-state index contributed by atoms with van der Waals surface area (Å²) >= 11 is 0. The van der Waals surface area contributed by atoms with E-state index in [4.69, 9.17) is 5.73 Å². The van der Waals surface area contributed by atoms with Gasteiger partial charge >= 0.3 is 0 Å². The molecule has 2 aromatic heterocycles. The maximum absolute atomic E-state index is 11.8. The number of pyridine rings is 1. The van der Waals surface area contributed by atoms with Crippen molar-refractivity contribution in [1.82, 2.24) is 19.9 Å². The summed E-state index contributed by atoms with van der Waals surface area (Å²) in [6.07, 6.45) is 2.99. The molecular weight excluding hydrogens is 313 g/mol. The molecule has 2 aromatic rings. The average molecular weight is 334 g/mol. The highest BCUT2D eigenvalue weighted by atomic mass is 35.5. The van der Waals surface area contributed by atoms with E-state index in [0.717, 1.165) is 11.5 Å². The van der Waals surface area contributed by atoms with Crippen molar-refractivity contribution in [3.63, 3.8) is 0 Å². The second-order valence-corrected chi connectivity index (χ2v) is 4.79. The minimum atomic E-state index is -0.182. The molecule has 0 bridgehead atoms. The highest BCUT2D eigenvalue weighted by Crippen LogP contribution is 2.12. The normalized spacial score (nSPS) is 12.9. The lowest BCUT2D eigenvalue weighted by molar-refractivity contribution is -0.121. The molecular formula is C13H21Cl2N5O. The fourth-order valence-electron chi connectivity index (χ4n) is 1.89. The van der Waals surface area contributed by atoms with Gasteiger partial charge in [-0.1, -0.05) is 6.07 Å². The number of rotatable bonds is 5. The van der Waals surface area contributed by atoms with Crippen LogP contribution < -0.4 is 11.1 Å². The van der Waals surface area contributed by atoms with Gasteiger partial charge in [0.2, 0.25) is 5.91 Å². The summed E-state index contributed by atoms with van der Waals surface area (Å²) in [7, 11) is 0. The zero-order chi connectivity index (χ0) is 13.8. The Balaban J connectivity index is 0.00000200. The van der Waals surface area contributed by atoms with Crippen molar-refractivity contribution >= 4 is 36.4 Å². The van der Waals surface area contributed by atoms with Crippen LogP contribution in [0, 0.1) is 0 Å². The van der Waals surface area contributed by atoms with Crippen LogP contribution in [0.15, 0.2) is 24.4 Å². The van der Waals surface area contributed by atoms with Crippen molar-refractivity contribution in [3.05, 3.63) is 30.2 Å². The highest BCUT2D eigenvalue weighted by molar-refractivity contribution is 5.85. The van der Waals surface area contributed by atoms with Gasteiger partial charge in [0.25, 0.3) is 0 Å². The number of hydrogen-bond donors (Lipinski definition) is 2. The Morgan fingerprint density at radius 1 is 1.33 bits per heavy atom. The molecule has 2 heterocycles. The van der Waals surface area contributed by atoms with Crippen LogP contribution in [-0.2, 0) is 4.79 Å². The number of carbonyl (C=O) groups is 1. The molecule has 0 spiro atoms. The van der Waals surface area contributed by atoms with E-state index in [9.17, 15) is 4.79 Å². The Hall–Kier alpha value is -1.37. The van der Waals surface area contributed by atoms with Crippen LogP contribution in [0.5, 0.6) is 0 Å². The molecule has 21 heavy (non-hydrogen) atoms. The SMILES string of the molecule is CC(N)CCC(=O)NC(C)c1nnc2ccccn12.Cl.Cl. The Labute approximate surface area is 136 Å². The van der Waals surface area contributed by atoms with Crippen LogP contribution in [0.25, 0.3) is 5.65 Å². The summed E-state index contributed by atoms with van der Waals surface area (Å²) in [6, 6.07) is 5.54. The Morgan fingerprint density at radius 3 is 2.71 bits per heavy atom. The van der Waals surface area contributed by atoms with E-state index in [1.807, 2.05) is 42.6 Å². The summed E-state index contributed by atoms with van der Waals surface area (Å²) in [4.78, 5) is 11.8. The van der Waals surface area contributed by atoms with Crippen molar-refractivity contribution in [2.45, 2.75) is 38.8 Å². The second-order valence-electron chi connectivity index (χ2n) is 4.79. The third kappa shape index (κ3) is 5.15. The summed E-state index contributed by atoms with van der Waals surface area (Å²) in [5.41, 5.74) is 6.41.